The lowest BCUT2D eigenvalue weighted by molar-refractivity contribution is -0.115. The van der Waals surface area contributed by atoms with Crippen LogP contribution in [0.4, 0.5) is 5.69 Å². The van der Waals surface area contributed by atoms with E-state index < -0.39 is 11.4 Å². The van der Waals surface area contributed by atoms with Crippen molar-refractivity contribution in [2.45, 2.75) is 26.3 Å². The van der Waals surface area contributed by atoms with E-state index in [2.05, 4.69) is 22.0 Å². The molecule has 0 spiro atoms. The maximum atomic E-state index is 12.3. The van der Waals surface area contributed by atoms with Crippen molar-refractivity contribution in [3.63, 3.8) is 0 Å². The molecule has 0 aromatic heterocycles. The van der Waals surface area contributed by atoms with Gasteiger partial charge in [0, 0.05) is 10.9 Å². The second-order valence-electron chi connectivity index (χ2n) is 5.58. The molecule has 2 aliphatic rings. The van der Waals surface area contributed by atoms with Gasteiger partial charge in [0.2, 0.25) is 0 Å². The van der Waals surface area contributed by atoms with Crippen LogP contribution in [-0.4, -0.2) is 22.6 Å². The minimum atomic E-state index is -0.470. The van der Waals surface area contributed by atoms with E-state index in [1.807, 2.05) is 32.9 Å². The summed E-state index contributed by atoms with van der Waals surface area (Å²) in [7, 11) is 0. The minimum Gasteiger partial charge on any atom is -0.295 e. The van der Waals surface area contributed by atoms with Gasteiger partial charge in [-0.15, -0.1) is 0 Å². The number of carbonyl (C=O) groups excluding carboxylic acids is 2. The molecule has 1 aromatic carbocycles. The van der Waals surface area contributed by atoms with Gasteiger partial charge >= 0.3 is 0 Å². The molecule has 19 heavy (non-hydrogen) atoms. The van der Waals surface area contributed by atoms with Gasteiger partial charge in [0.1, 0.15) is 0 Å². The Morgan fingerprint density at radius 2 is 1.95 bits per heavy atom. The van der Waals surface area contributed by atoms with E-state index in [1.54, 1.807) is 4.90 Å². The van der Waals surface area contributed by atoms with Crippen LogP contribution in [0.3, 0.4) is 0 Å². The van der Waals surface area contributed by atoms with Crippen LogP contribution in [-0.2, 0) is 4.79 Å². The summed E-state index contributed by atoms with van der Waals surface area (Å²) >= 11 is 3.49. The molecule has 2 aliphatic heterocycles. The first kappa shape index (κ1) is 12.6. The zero-order valence-electron chi connectivity index (χ0n) is 11.1. The molecule has 0 unspecified atom stereocenters. The molecule has 4 heteroatoms. The van der Waals surface area contributed by atoms with E-state index in [0.717, 1.165) is 22.4 Å². The number of hydrogen-bond acceptors (Lipinski definition) is 2. The van der Waals surface area contributed by atoms with Crippen LogP contribution in [0.25, 0.3) is 5.57 Å². The zero-order valence-corrected chi connectivity index (χ0v) is 12.7. The number of hydrogen-bond donors (Lipinski definition) is 0. The Morgan fingerprint density at radius 3 is 2.58 bits per heavy atom. The Labute approximate surface area is 120 Å². The van der Waals surface area contributed by atoms with Gasteiger partial charge in [-0.05, 0) is 31.9 Å². The van der Waals surface area contributed by atoms with Gasteiger partial charge < -0.3 is 0 Å². The van der Waals surface area contributed by atoms with E-state index in [4.69, 9.17) is 0 Å². The third-order valence-electron chi connectivity index (χ3n) is 3.83. The quantitative estimate of drug-likeness (QED) is 0.589. The number of allylic oxidation sites excluding steroid dienone is 1. The van der Waals surface area contributed by atoms with Crippen LogP contribution < -0.4 is 4.90 Å². The summed E-state index contributed by atoms with van der Waals surface area (Å²) in [6.45, 7) is 5.80. The highest BCUT2D eigenvalue weighted by atomic mass is 79.9. The first-order chi connectivity index (χ1) is 8.88. The minimum absolute atomic E-state index is 0.383. The highest BCUT2D eigenvalue weighted by Crippen LogP contribution is 2.46. The number of alkyl halides is 1. The number of nitrogens with zero attached hydrogens (tertiary/aromatic N) is 1. The average molecular weight is 320 g/mol. The molecular weight excluding hydrogens is 306 g/mol. The molecular formula is C15H14BrNO2. The normalized spacial score (nSPS) is 19.6. The van der Waals surface area contributed by atoms with Crippen LogP contribution >= 0.6 is 15.9 Å². The fraction of sp³-hybridized carbons (Fsp3) is 0.333. The van der Waals surface area contributed by atoms with Gasteiger partial charge in [-0.2, -0.15) is 0 Å². The Hall–Kier alpha value is -1.42. The van der Waals surface area contributed by atoms with Crippen molar-refractivity contribution in [3.8, 4) is 0 Å². The topological polar surface area (TPSA) is 37.4 Å². The first-order valence-corrected chi connectivity index (χ1v) is 7.31. The summed E-state index contributed by atoms with van der Waals surface area (Å²) < 4.78 is 0. The molecule has 0 aliphatic carbocycles. The van der Waals surface area contributed by atoms with Gasteiger partial charge in [0.05, 0.1) is 16.8 Å². The molecule has 3 nitrogen and oxygen atoms in total. The van der Waals surface area contributed by atoms with Crippen LogP contribution in [0, 0.1) is 6.92 Å². The highest BCUT2D eigenvalue weighted by molar-refractivity contribution is 9.09. The standard InChI is InChI=1S/C15H14BrNO2/c1-8-4-5-10-9(7-16)6-15(2,3)17-12(10)11(8)13(18)14(17)19/h4-6H,7H2,1-3H3. The predicted octanol–water partition coefficient (Wildman–Crippen LogP) is 3.09. The molecule has 0 atom stereocenters. The first-order valence-electron chi connectivity index (χ1n) is 6.19. The molecule has 0 saturated heterocycles. The van der Waals surface area contributed by atoms with Crippen molar-refractivity contribution in [2.24, 2.45) is 0 Å². The van der Waals surface area contributed by atoms with E-state index in [9.17, 15) is 9.59 Å². The number of ketones is 1. The molecule has 0 bridgehead atoms. The molecule has 0 N–H and O–H groups in total. The zero-order chi connectivity index (χ0) is 13.9. The fourth-order valence-corrected chi connectivity index (χ4v) is 3.47. The molecule has 0 radical (unpaired) electrons. The SMILES string of the molecule is Cc1ccc2c3c1C(=O)C(=O)N3C(C)(C)C=C2CBr. The Kier molecular flexibility index (Phi) is 2.52. The average Bonchev–Trinajstić information content (AvgIpc) is 2.62. The third kappa shape index (κ3) is 1.49. The molecule has 0 saturated carbocycles. The van der Waals surface area contributed by atoms with Crippen LogP contribution in [0.2, 0.25) is 0 Å². The number of amides is 1. The number of carbonyl (C=O) groups is 2. The van der Waals surface area contributed by atoms with E-state index >= 15 is 0 Å². The van der Waals surface area contributed by atoms with Gasteiger partial charge in [-0.3, -0.25) is 14.5 Å². The fourth-order valence-electron chi connectivity index (χ4n) is 3.01. The van der Waals surface area contributed by atoms with Crippen LogP contribution in [0.1, 0.15) is 35.3 Å². The van der Waals surface area contributed by atoms with Crippen molar-refractivity contribution in [2.75, 3.05) is 10.2 Å². The lowest BCUT2D eigenvalue weighted by atomic mass is 9.88. The number of anilines is 1. The van der Waals surface area contributed by atoms with Gasteiger partial charge in [0.15, 0.2) is 0 Å². The Morgan fingerprint density at radius 1 is 1.26 bits per heavy atom. The summed E-state index contributed by atoms with van der Waals surface area (Å²) in [5.74, 6) is -0.799. The third-order valence-corrected chi connectivity index (χ3v) is 4.43. The Balaban J connectivity index is 2.41. The van der Waals surface area contributed by atoms with Crippen LogP contribution in [0.5, 0.6) is 0 Å². The molecule has 1 aromatic rings. The van der Waals surface area contributed by atoms with Gasteiger partial charge in [0.25, 0.3) is 11.7 Å². The maximum Gasteiger partial charge on any atom is 0.300 e. The summed E-state index contributed by atoms with van der Waals surface area (Å²) in [6, 6.07) is 3.91. The van der Waals surface area contributed by atoms with Crippen molar-refractivity contribution in [1.82, 2.24) is 0 Å². The highest BCUT2D eigenvalue weighted by Gasteiger charge is 2.47. The monoisotopic (exact) mass is 319 g/mol. The second kappa shape index (κ2) is 3.79. The number of aryl methyl sites for hydroxylation is 1. The van der Waals surface area contributed by atoms with E-state index in [0.29, 0.717) is 10.9 Å². The van der Waals surface area contributed by atoms with Crippen molar-refractivity contribution in [1.29, 1.82) is 0 Å². The van der Waals surface area contributed by atoms with Gasteiger partial charge in [-0.1, -0.05) is 34.1 Å². The van der Waals surface area contributed by atoms with Crippen molar-refractivity contribution >= 4 is 38.9 Å². The largest absolute Gasteiger partial charge is 0.300 e. The summed E-state index contributed by atoms with van der Waals surface area (Å²) in [4.78, 5) is 26.1. The summed E-state index contributed by atoms with van der Waals surface area (Å²) in [6.07, 6.45) is 2.06. The van der Waals surface area contributed by atoms with E-state index in [1.165, 1.54) is 0 Å². The Bertz CT molecular complexity index is 658. The van der Waals surface area contributed by atoms with Crippen molar-refractivity contribution in [3.05, 3.63) is 34.9 Å². The number of rotatable bonds is 1. The lowest BCUT2D eigenvalue weighted by Gasteiger charge is -2.38. The number of Topliss-reactive ketones (excluding diaryl/α,β-unsaturated/α-hetero) is 1. The molecule has 98 valence electrons. The second-order valence-corrected chi connectivity index (χ2v) is 6.14. The smallest absolute Gasteiger partial charge is 0.295 e. The van der Waals surface area contributed by atoms with Gasteiger partial charge in [-0.25, -0.2) is 0 Å². The summed E-state index contributed by atoms with van der Waals surface area (Å²) in [5, 5.41) is 0.710. The van der Waals surface area contributed by atoms with Crippen LogP contribution in [0.15, 0.2) is 18.2 Å². The van der Waals surface area contributed by atoms with Crippen molar-refractivity contribution < 1.29 is 9.59 Å². The summed E-state index contributed by atoms with van der Waals surface area (Å²) in [5.41, 5.74) is 3.86. The predicted molar refractivity (Wildman–Crippen MR) is 78.8 cm³/mol. The maximum absolute atomic E-state index is 12.3. The molecule has 2 heterocycles. The molecule has 1 amide bonds. The lowest BCUT2D eigenvalue weighted by Crippen LogP contribution is -2.47. The number of benzene rings is 1. The molecule has 3 rings (SSSR count). The van der Waals surface area contributed by atoms with E-state index in [-0.39, 0.29) is 5.78 Å². The number of halogens is 1. The molecule has 0 fully saturated rings.